The molecule has 0 aliphatic heterocycles. The quantitative estimate of drug-likeness (QED) is 0.410. The molecule has 0 aliphatic carbocycles. The Hall–Kier alpha value is -3.40. The Labute approximate surface area is 202 Å². The molecule has 0 spiro atoms. The molecule has 0 fully saturated rings. The van der Waals surface area contributed by atoms with E-state index in [1.54, 1.807) is 13.8 Å². The smallest absolute Gasteiger partial charge is 0.355 e. The largest absolute Gasteiger partial charge is 0.416 e. The van der Waals surface area contributed by atoms with Crippen molar-refractivity contribution in [2.75, 3.05) is 13.1 Å². The van der Waals surface area contributed by atoms with Crippen molar-refractivity contribution in [3.8, 4) is 0 Å². The second-order valence-electron chi connectivity index (χ2n) is 8.30. The molecule has 2 aromatic rings. The lowest BCUT2D eigenvalue weighted by molar-refractivity contribution is -0.137. The van der Waals surface area contributed by atoms with E-state index in [2.05, 4.69) is 27.3 Å². The first-order valence-electron chi connectivity index (χ1n) is 11.2. The summed E-state index contributed by atoms with van der Waals surface area (Å²) in [5, 5.41) is 10.8. The first-order valence-corrected chi connectivity index (χ1v) is 11.2. The first kappa shape index (κ1) is 27.8. The van der Waals surface area contributed by atoms with E-state index in [1.165, 1.54) is 6.07 Å². The highest BCUT2D eigenvalue weighted by Crippen LogP contribution is 2.29. The van der Waals surface area contributed by atoms with Gasteiger partial charge in [0.2, 0.25) is 11.8 Å². The van der Waals surface area contributed by atoms with Crippen LogP contribution in [0.2, 0.25) is 0 Å². The average molecular weight is 493 g/mol. The van der Waals surface area contributed by atoms with Crippen molar-refractivity contribution in [3.63, 3.8) is 0 Å². The van der Waals surface area contributed by atoms with Gasteiger partial charge in [0.25, 0.3) is 5.91 Å². The van der Waals surface area contributed by atoms with Gasteiger partial charge in [0, 0.05) is 24.7 Å². The maximum absolute atomic E-state index is 12.9. The van der Waals surface area contributed by atoms with Gasteiger partial charge in [0.1, 0.15) is 6.04 Å². The molecule has 7 nitrogen and oxygen atoms in total. The maximum atomic E-state index is 12.9. The lowest BCUT2D eigenvalue weighted by atomic mass is 10.0. The van der Waals surface area contributed by atoms with E-state index in [0.29, 0.717) is 19.2 Å². The molecule has 0 aliphatic rings. The molecule has 0 radical (unpaired) electrons. The summed E-state index contributed by atoms with van der Waals surface area (Å²) >= 11 is 0. The van der Waals surface area contributed by atoms with Crippen LogP contribution in [-0.2, 0) is 22.3 Å². The summed E-state index contributed by atoms with van der Waals surface area (Å²) in [5.41, 5.74) is 2.10. The van der Waals surface area contributed by atoms with Gasteiger partial charge >= 0.3 is 6.18 Å². The number of nitrogens with one attached hydrogen (secondary N) is 4. The van der Waals surface area contributed by atoms with Crippen LogP contribution < -0.4 is 21.3 Å². The third-order valence-corrected chi connectivity index (χ3v) is 5.42. The minimum atomic E-state index is -4.59. The number of amides is 3. The van der Waals surface area contributed by atoms with Crippen molar-refractivity contribution >= 4 is 17.7 Å². The fraction of sp³-hybridized carbons (Fsp3) is 0.400. The van der Waals surface area contributed by atoms with E-state index in [0.717, 1.165) is 28.8 Å². The van der Waals surface area contributed by atoms with Gasteiger partial charge in [-0.2, -0.15) is 13.2 Å². The molecule has 0 saturated carbocycles. The third-order valence-electron chi connectivity index (χ3n) is 5.42. The summed E-state index contributed by atoms with van der Waals surface area (Å²) in [6.45, 7) is 7.83. The van der Waals surface area contributed by atoms with Gasteiger partial charge in [-0.05, 0) is 57.0 Å². The first-order chi connectivity index (χ1) is 16.4. The summed E-state index contributed by atoms with van der Waals surface area (Å²) in [7, 11) is 0. The van der Waals surface area contributed by atoms with E-state index in [9.17, 15) is 27.6 Å². The number of aryl methyl sites for hydroxylation is 2. The van der Waals surface area contributed by atoms with Crippen molar-refractivity contribution in [2.24, 2.45) is 0 Å². The van der Waals surface area contributed by atoms with Crippen molar-refractivity contribution in [1.82, 2.24) is 21.3 Å². The number of hydrogen-bond acceptors (Lipinski definition) is 4. The zero-order valence-electron chi connectivity index (χ0n) is 20.2. The number of carbonyl (C=O) groups excluding carboxylic acids is 3. The third kappa shape index (κ3) is 8.40. The molecule has 0 heterocycles. The summed E-state index contributed by atoms with van der Waals surface area (Å²) < 4.78 is 38.6. The average Bonchev–Trinajstić information content (AvgIpc) is 2.79. The monoisotopic (exact) mass is 492 g/mol. The molecule has 0 aromatic heterocycles. The fourth-order valence-electron chi connectivity index (χ4n) is 3.46. The van der Waals surface area contributed by atoms with Gasteiger partial charge in [-0.15, -0.1) is 0 Å². The Bertz CT molecular complexity index is 1060. The Kier molecular flexibility index (Phi) is 9.82. The highest BCUT2D eigenvalue weighted by Gasteiger charge is 2.31. The van der Waals surface area contributed by atoms with Crippen LogP contribution in [0.25, 0.3) is 0 Å². The van der Waals surface area contributed by atoms with Crippen LogP contribution in [0.1, 0.15) is 46.5 Å². The van der Waals surface area contributed by atoms with Crippen LogP contribution in [0.4, 0.5) is 13.2 Å². The zero-order chi connectivity index (χ0) is 26.2. The van der Waals surface area contributed by atoms with Gasteiger partial charge < -0.3 is 21.3 Å². The number of halogens is 3. The van der Waals surface area contributed by atoms with Gasteiger partial charge in [-0.1, -0.05) is 29.8 Å². The summed E-state index contributed by atoms with van der Waals surface area (Å²) in [6, 6.07) is 8.56. The summed E-state index contributed by atoms with van der Waals surface area (Å²) in [4.78, 5) is 37.3. The molecule has 10 heteroatoms. The van der Waals surface area contributed by atoms with E-state index < -0.39 is 48.1 Å². The predicted molar refractivity (Wildman–Crippen MR) is 127 cm³/mol. The molecule has 2 rings (SSSR count). The maximum Gasteiger partial charge on any atom is 0.416 e. The van der Waals surface area contributed by atoms with Crippen LogP contribution in [0.15, 0.2) is 42.5 Å². The summed E-state index contributed by atoms with van der Waals surface area (Å²) in [6.07, 6.45) is -4.59. The number of carbonyl (C=O) groups is 3. The van der Waals surface area contributed by atoms with E-state index in [1.807, 2.05) is 26.0 Å². The van der Waals surface area contributed by atoms with Crippen molar-refractivity contribution in [2.45, 2.75) is 52.5 Å². The standard InChI is InChI=1S/C25H31F3N4O3/c1-5-29-24(35)22(17(4)30-13-19-10-9-15(2)11-16(19)3)32-21(33)14-31-23(34)18-7-6-8-20(12-18)25(26,27)28/h6-12,17,22,30H,5,13-14H2,1-4H3,(H,29,35)(H,31,34)(H,32,33)/t17-,22+/m1/s1. The number of hydrogen-bond donors (Lipinski definition) is 4. The van der Waals surface area contributed by atoms with Gasteiger partial charge in [0.15, 0.2) is 0 Å². The lowest BCUT2D eigenvalue weighted by Gasteiger charge is -2.25. The molecule has 4 N–H and O–H groups in total. The van der Waals surface area contributed by atoms with E-state index >= 15 is 0 Å². The minimum Gasteiger partial charge on any atom is -0.355 e. The Balaban J connectivity index is 2.00. The van der Waals surface area contributed by atoms with Crippen LogP contribution in [0.3, 0.4) is 0 Å². The summed E-state index contributed by atoms with van der Waals surface area (Å²) in [5.74, 6) is -1.88. The van der Waals surface area contributed by atoms with Gasteiger partial charge in [0.05, 0.1) is 12.1 Å². The second-order valence-corrected chi connectivity index (χ2v) is 8.30. The Morgan fingerprint density at radius 2 is 1.71 bits per heavy atom. The number of alkyl halides is 3. The molecule has 2 atom stereocenters. The van der Waals surface area contributed by atoms with E-state index in [4.69, 9.17) is 0 Å². The van der Waals surface area contributed by atoms with Gasteiger partial charge in [-0.3, -0.25) is 14.4 Å². The number of likely N-dealkylation sites (N-methyl/N-ethyl adjacent to an activating group) is 1. The Morgan fingerprint density at radius 3 is 2.34 bits per heavy atom. The lowest BCUT2D eigenvalue weighted by Crippen LogP contribution is -2.57. The topological polar surface area (TPSA) is 99.3 Å². The number of benzene rings is 2. The van der Waals surface area contributed by atoms with Gasteiger partial charge in [-0.25, -0.2) is 0 Å². The van der Waals surface area contributed by atoms with Crippen LogP contribution in [-0.4, -0.2) is 42.9 Å². The molecule has 0 saturated heterocycles. The van der Waals surface area contributed by atoms with Crippen molar-refractivity contribution in [1.29, 1.82) is 0 Å². The molecular weight excluding hydrogens is 461 g/mol. The van der Waals surface area contributed by atoms with Crippen molar-refractivity contribution < 1.29 is 27.6 Å². The molecule has 190 valence electrons. The second kappa shape index (κ2) is 12.3. The highest BCUT2D eigenvalue weighted by atomic mass is 19.4. The minimum absolute atomic E-state index is 0.226. The molecule has 0 unspecified atom stereocenters. The van der Waals surface area contributed by atoms with Crippen LogP contribution >= 0.6 is 0 Å². The van der Waals surface area contributed by atoms with E-state index in [-0.39, 0.29) is 5.56 Å². The molecule has 2 aromatic carbocycles. The molecule has 0 bridgehead atoms. The molecular formula is C25H31F3N4O3. The zero-order valence-corrected chi connectivity index (χ0v) is 20.2. The molecule has 35 heavy (non-hydrogen) atoms. The number of rotatable bonds is 10. The fourth-order valence-corrected chi connectivity index (χ4v) is 3.46. The van der Waals surface area contributed by atoms with Crippen molar-refractivity contribution in [3.05, 3.63) is 70.3 Å². The van der Waals surface area contributed by atoms with Crippen LogP contribution in [0.5, 0.6) is 0 Å². The Morgan fingerprint density at radius 1 is 1.00 bits per heavy atom. The highest BCUT2D eigenvalue weighted by molar-refractivity contribution is 5.97. The molecule has 3 amide bonds. The predicted octanol–water partition coefficient (Wildman–Crippen LogP) is 2.85. The van der Waals surface area contributed by atoms with Crippen LogP contribution in [0, 0.1) is 13.8 Å². The normalized spacial score (nSPS) is 13.0. The SMILES string of the molecule is CCNC(=O)[C@@H](NC(=O)CNC(=O)c1cccc(C(F)(F)F)c1)[C@@H](C)NCc1ccc(C)cc1C.